The Morgan fingerprint density at radius 2 is 2.28 bits per heavy atom. The van der Waals surface area contributed by atoms with Gasteiger partial charge >= 0.3 is 0 Å². The molecule has 18 heavy (non-hydrogen) atoms. The van der Waals surface area contributed by atoms with E-state index >= 15 is 0 Å². The molecule has 1 aromatic heterocycles. The monoisotopic (exact) mass is 281 g/mol. The van der Waals surface area contributed by atoms with Crippen molar-refractivity contribution in [1.82, 2.24) is 15.1 Å². The van der Waals surface area contributed by atoms with E-state index in [1.165, 1.54) is 0 Å². The number of nitrogens with zero attached hydrogens (tertiary/aromatic N) is 2. The second-order valence-corrected chi connectivity index (χ2v) is 4.20. The fourth-order valence-corrected chi connectivity index (χ4v) is 2.03. The third-order valence-corrected chi connectivity index (χ3v) is 2.90. The maximum absolute atomic E-state index is 11.9. The summed E-state index contributed by atoms with van der Waals surface area (Å²) in [4.78, 5) is 0. The summed E-state index contributed by atoms with van der Waals surface area (Å²) in [5, 5.41) is 7.81. The molecule has 1 unspecified atom stereocenters. The van der Waals surface area contributed by atoms with Crippen LogP contribution in [0.25, 0.3) is 0 Å². The Morgan fingerprint density at radius 1 is 1.56 bits per heavy atom. The molecule has 0 saturated heterocycles. The minimum atomic E-state index is -2.43. The molecular formula is C11H18ClF2N3O. The van der Waals surface area contributed by atoms with E-state index in [0.717, 1.165) is 5.69 Å². The molecule has 0 bridgehead atoms. The number of aromatic nitrogens is 2. The summed E-state index contributed by atoms with van der Waals surface area (Å²) >= 11 is 6.08. The van der Waals surface area contributed by atoms with Crippen molar-refractivity contribution in [3.8, 4) is 0 Å². The molecule has 1 atom stereocenters. The molecule has 1 aromatic rings. The van der Waals surface area contributed by atoms with Gasteiger partial charge in [-0.25, -0.2) is 8.78 Å². The van der Waals surface area contributed by atoms with Crippen LogP contribution < -0.4 is 5.32 Å². The van der Waals surface area contributed by atoms with E-state index in [2.05, 4.69) is 10.4 Å². The molecular weight excluding hydrogens is 264 g/mol. The van der Waals surface area contributed by atoms with Gasteiger partial charge in [-0.15, -0.1) is 0 Å². The first-order chi connectivity index (χ1) is 8.60. The van der Waals surface area contributed by atoms with Gasteiger partial charge in [-0.05, 0) is 20.4 Å². The number of rotatable bonds is 8. The van der Waals surface area contributed by atoms with Crippen molar-refractivity contribution in [1.29, 1.82) is 0 Å². The quantitative estimate of drug-likeness (QED) is 0.744. The Kier molecular flexibility index (Phi) is 6.52. The van der Waals surface area contributed by atoms with E-state index in [0.29, 0.717) is 18.0 Å². The number of alkyl halides is 2. The molecule has 0 spiro atoms. The molecule has 7 heteroatoms. The number of hydrogen-bond acceptors (Lipinski definition) is 3. The van der Waals surface area contributed by atoms with Gasteiger partial charge in [-0.1, -0.05) is 11.6 Å². The van der Waals surface area contributed by atoms with Crippen molar-refractivity contribution in [2.24, 2.45) is 0 Å². The first kappa shape index (κ1) is 15.3. The van der Waals surface area contributed by atoms with Crippen molar-refractivity contribution in [2.45, 2.75) is 32.4 Å². The van der Waals surface area contributed by atoms with E-state index in [4.69, 9.17) is 16.3 Å². The van der Waals surface area contributed by atoms with Crippen molar-refractivity contribution in [2.75, 3.05) is 20.3 Å². The molecule has 0 aliphatic carbocycles. The fourth-order valence-electron chi connectivity index (χ4n) is 1.76. The Bertz CT molecular complexity index is 360. The van der Waals surface area contributed by atoms with E-state index in [-0.39, 0.29) is 12.6 Å². The maximum atomic E-state index is 11.9. The zero-order chi connectivity index (χ0) is 13.5. The highest BCUT2D eigenvalue weighted by molar-refractivity contribution is 6.31. The van der Waals surface area contributed by atoms with Gasteiger partial charge < -0.3 is 10.1 Å². The summed E-state index contributed by atoms with van der Waals surface area (Å²) < 4.78 is 30.5. The zero-order valence-corrected chi connectivity index (χ0v) is 11.3. The maximum Gasteiger partial charge on any atom is 0.261 e. The average molecular weight is 282 g/mol. The number of nitrogens with one attached hydrogen (secondary N) is 1. The lowest BCUT2D eigenvalue weighted by atomic mass is 10.1. The number of ether oxygens (including phenoxy) is 1. The summed E-state index contributed by atoms with van der Waals surface area (Å²) in [6.45, 7) is 2.39. The van der Waals surface area contributed by atoms with Crippen molar-refractivity contribution < 1.29 is 13.5 Å². The summed E-state index contributed by atoms with van der Waals surface area (Å²) in [7, 11) is 1.79. The molecule has 1 rings (SSSR count). The van der Waals surface area contributed by atoms with Gasteiger partial charge in [0.2, 0.25) is 0 Å². The zero-order valence-electron chi connectivity index (χ0n) is 10.5. The van der Waals surface area contributed by atoms with Crippen LogP contribution in [0.1, 0.15) is 25.1 Å². The van der Waals surface area contributed by atoms with Crippen molar-refractivity contribution in [3.05, 3.63) is 16.9 Å². The smallest absolute Gasteiger partial charge is 0.261 e. The summed E-state index contributed by atoms with van der Waals surface area (Å²) in [6, 6.07) is -0.0578. The molecule has 0 aromatic carbocycles. The van der Waals surface area contributed by atoms with Crippen LogP contribution in [0.2, 0.25) is 5.02 Å². The van der Waals surface area contributed by atoms with Gasteiger partial charge in [-0.2, -0.15) is 5.10 Å². The van der Waals surface area contributed by atoms with Crippen LogP contribution in [-0.2, 0) is 11.3 Å². The second-order valence-electron chi connectivity index (χ2n) is 3.79. The fraction of sp³-hybridized carbons (Fsp3) is 0.727. The first-order valence-electron chi connectivity index (χ1n) is 5.84. The van der Waals surface area contributed by atoms with E-state index < -0.39 is 13.0 Å². The van der Waals surface area contributed by atoms with Crippen LogP contribution in [-0.4, -0.2) is 36.5 Å². The van der Waals surface area contributed by atoms with Gasteiger partial charge in [0.15, 0.2) is 0 Å². The van der Waals surface area contributed by atoms with Crippen LogP contribution in [0.4, 0.5) is 8.78 Å². The Morgan fingerprint density at radius 3 is 2.83 bits per heavy atom. The SMILES string of the molecule is CCn1ncc(Cl)c1C(CCOCC(F)F)NC. The first-order valence-corrected chi connectivity index (χ1v) is 6.22. The minimum absolute atomic E-state index is 0.0578. The third kappa shape index (κ3) is 4.19. The third-order valence-electron chi connectivity index (χ3n) is 2.61. The molecule has 1 N–H and O–H groups in total. The molecule has 0 fully saturated rings. The van der Waals surface area contributed by atoms with E-state index in [1.807, 2.05) is 6.92 Å². The van der Waals surface area contributed by atoms with Gasteiger partial charge in [-0.3, -0.25) is 4.68 Å². The molecule has 0 aliphatic rings. The average Bonchev–Trinajstić information content (AvgIpc) is 2.71. The highest BCUT2D eigenvalue weighted by Crippen LogP contribution is 2.24. The van der Waals surface area contributed by atoms with Crippen molar-refractivity contribution >= 4 is 11.6 Å². The number of halogens is 3. The van der Waals surface area contributed by atoms with Gasteiger partial charge in [0.25, 0.3) is 6.43 Å². The standard InChI is InChI=1S/C11H18ClF2N3O/c1-3-17-11(8(12)6-16-17)9(15-2)4-5-18-7-10(13)14/h6,9-10,15H,3-5,7H2,1-2H3. The molecule has 0 aliphatic heterocycles. The summed E-state index contributed by atoms with van der Waals surface area (Å²) in [5.41, 5.74) is 0.863. The number of hydrogen-bond donors (Lipinski definition) is 1. The van der Waals surface area contributed by atoms with Gasteiger partial charge in [0.1, 0.15) is 6.61 Å². The molecule has 0 amide bonds. The highest BCUT2D eigenvalue weighted by atomic mass is 35.5. The lowest BCUT2D eigenvalue weighted by Gasteiger charge is -2.18. The number of aryl methyl sites for hydroxylation is 1. The lowest BCUT2D eigenvalue weighted by Crippen LogP contribution is -2.22. The van der Waals surface area contributed by atoms with Gasteiger partial charge in [0.05, 0.1) is 23.0 Å². The Labute approximate surface area is 110 Å². The summed E-state index contributed by atoms with van der Waals surface area (Å²) in [5.74, 6) is 0. The second kappa shape index (κ2) is 7.66. The minimum Gasteiger partial charge on any atom is -0.375 e. The van der Waals surface area contributed by atoms with Gasteiger partial charge in [0, 0.05) is 13.2 Å². The van der Waals surface area contributed by atoms with Crippen LogP contribution in [0.15, 0.2) is 6.20 Å². The molecule has 104 valence electrons. The van der Waals surface area contributed by atoms with Crippen molar-refractivity contribution in [3.63, 3.8) is 0 Å². The highest BCUT2D eigenvalue weighted by Gasteiger charge is 2.18. The van der Waals surface area contributed by atoms with Crippen LogP contribution in [0, 0.1) is 0 Å². The molecule has 4 nitrogen and oxygen atoms in total. The largest absolute Gasteiger partial charge is 0.375 e. The van der Waals surface area contributed by atoms with Crippen LogP contribution >= 0.6 is 11.6 Å². The Hall–Kier alpha value is -0.720. The lowest BCUT2D eigenvalue weighted by molar-refractivity contribution is 0.0143. The predicted molar refractivity (Wildman–Crippen MR) is 66.2 cm³/mol. The van der Waals surface area contributed by atoms with E-state index in [9.17, 15) is 8.78 Å². The molecule has 0 saturated carbocycles. The normalized spacial score (nSPS) is 13.2. The molecule has 0 radical (unpaired) electrons. The molecule has 1 heterocycles. The van der Waals surface area contributed by atoms with Crippen LogP contribution in [0.3, 0.4) is 0 Å². The van der Waals surface area contributed by atoms with E-state index in [1.54, 1.807) is 17.9 Å². The topological polar surface area (TPSA) is 39.1 Å². The Balaban J connectivity index is 2.57. The van der Waals surface area contributed by atoms with Crippen LogP contribution in [0.5, 0.6) is 0 Å². The summed E-state index contributed by atoms with van der Waals surface area (Å²) in [6.07, 6.45) is -0.276. The predicted octanol–water partition coefficient (Wildman–Crippen LogP) is 2.49.